The number of amides is 1. The molecule has 1 unspecified atom stereocenters. The van der Waals surface area contributed by atoms with Crippen LogP contribution in [0.5, 0.6) is 0 Å². The van der Waals surface area contributed by atoms with Gasteiger partial charge in [-0.1, -0.05) is 18.2 Å². The second-order valence-electron chi connectivity index (χ2n) is 3.54. The molecule has 19 heavy (non-hydrogen) atoms. The average molecular weight is 299 g/mol. The van der Waals surface area contributed by atoms with E-state index in [0.29, 0.717) is 0 Å². The van der Waals surface area contributed by atoms with Crippen molar-refractivity contribution < 1.29 is 19.1 Å². The Morgan fingerprint density at radius 1 is 1.16 bits per heavy atom. The maximum Gasteiger partial charge on any atom is 0.345 e. The topological polar surface area (TPSA) is 72.5 Å². The van der Waals surface area contributed by atoms with Crippen LogP contribution in [0.25, 0.3) is 0 Å². The number of carbonyl (C=O) groups is 3. The van der Waals surface area contributed by atoms with E-state index in [4.69, 9.17) is 0 Å². The molecule has 1 amide bonds. The smallest absolute Gasteiger partial charge is 0.345 e. The molecule has 0 aliphatic heterocycles. The number of rotatable bonds is 5. The molecule has 7 heteroatoms. The largest absolute Gasteiger partial charge is 0.388 e. The van der Waals surface area contributed by atoms with Crippen molar-refractivity contribution in [2.24, 2.45) is 0 Å². The maximum atomic E-state index is 11.7. The predicted octanol–water partition coefficient (Wildman–Crippen LogP) is 0.714. The molecule has 0 aliphatic rings. The van der Waals surface area contributed by atoms with Crippen LogP contribution < -0.4 is 5.32 Å². The molecule has 0 saturated carbocycles. The molecule has 0 fully saturated rings. The molecule has 1 atom stereocenters. The van der Waals surface area contributed by atoms with Crippen LogP contribution in [0, 0.1) is 0 Å². The Balaban J connectivity index is 2.62. The second kappa shape index (κ2) is 7.85. The first-order valence-corrected chi connectivity index (χ1v) is 6.67. The molecule has 0 saturated heterocycles. The quantitative estimate of drug-likeness (QED) is 0.425. The summed E-state index contributed by atoms with van der Waals surface area (Å²) in [7, 11) is 0. The SMILES string of the molecule is O=C(CS)NC(CS)C(=O)OC(=O)c1ccccc1. The fourth-order valence-electron chi connectivity index (χ4n) is 1.21. The Hall–Kier alpha value is -1.47. The highest BCUT2D eigenvalue weighted by Gasteiger charge is 2.23. The van der Waals surface area contributed by atoms with E-state index in [9.17, 15) is 14.4 Å². The summed E-state index contributed by atoms with van der Waals surface area (Å²) in [6.07, 6.45) is 0. The van der Waals surface area contributed by atoms with Crippen molar-refractivity contribution in [3.8, 4) is 0 Å². The van der Waals surface area contributed by atoms with Crippen molar-refractivity contribution in [2.45, 2.75) is 6.04 Å². The Kier molecular flexibility index (Phi) is 6.44. The van der Waals surface area contributed by atoms with E-state index in [1.54, 1.807) is 18.2 Å². The molecule has 0 heterocycles. The number of esters is 2. The van der Waals surface area contributed by atoms with Gasteiger partial charge in [0.25, 0.3) is 0 Å². The zero-order valence-corrected chi connectivity index (χ0v) is 11.7. The number of hydrogen-bond acceptors (Lipinski definition) is 6. The van der Waals surface area contributed by atoms with Gasteiger partial charge in [-0.25, -0.2) is 9.59 Å². The minimum atomic E-state index is -0.976. The summed E-state index contributed by atoms with van der Waals surface area (Å²) in [5.74, 6) is -2.09. The van der Waals surface area contributed by atoms with Gasteiger partial charge in [-0.2, -0.15) is 25.3 Å². The molecule has 0 aromatic heterocycles. The Bertz CT molecular complexity index is 464. The third-order valence-electron chi connectivity index (χ3n) is 2.15. The fraction of sp³-hybridized carbons (Fsp3) is 0.250. The predicted molar refractivity (Wildman–Crippen MR) is 76.5 cm³/mol. The summed E-state index contributed by atoms with van der Waals surface area (Å²) in [5.41, 5.74) is 0.259. The highest BCUT2D eigenvalue weighted by atomic mass is 32.1. The van der Waals surface area contributed by atoms with Crippen LogP contribution in [0.3, 0.4) is 0 Å². The van der Waals surface area contributed by atoms with Crippen LogP contribution in [0.2, 0.25) is 0 Å². The van der Waals surface area contributed by atoms with Crippen LogP contribution in [0.15, 0.2) is 30.3 Å². The van der Waals surface area contributed by atoms with E-state index in [0.717, 1.165) is 0 Å². The molecule has 5 nitrogen and oxygen atoms in total. The summed E-state index contributed by atoms with van der Waals surface area (Å²) in [6, 6.07) is 7.12. The Morgan fingerprint density at radius 3 is 2.32 bits per heavy atom. The van der Waals surface area contributed by atoms with Crippen molar-refractivity contribution in [1.82, 2.24) is 5.32 Å². The summed E-state index contributed by atoms with van der Waals surface area (Å²) in [6.45, 7) is 0. The molecule has 0 bridgehead atoms. The van der Waals surface area contributed by atoms with Crippen molar-refractivity contribution in [2.75, 3.05) is 11.5 Å². The summed E-state index contributed by atoms with van der Waals surface area (Å²) in [5, 5.41) is 2.35. The van der Waals surface area contributed by atoms with E-state index in [1.165, 1.54) is 12.1 Å². The van der Waals surface area contributed by atoms with Gasteiger partial charge in [0.05, 0.1) is 11.3 Å². The monoisotopic (exact) mass is 299 g/mol. The van der Waals surface area contributed by atoms with Gasteiger partial charge in [0.15, 0.2) is 0 Å². The van der Waals surface area contributed by atoms with E-state index < -0.39 is 23.9 Å². The van der Waals surface area contributed by atoms with Gasteiger partial charge >= 0.3 is 11.9 Å². The van der Waals surface area contributed by atoms with Crippen molar-refractivity contribution in [3.63, 3.8) is 0 Å². The first-order chi connectivity index (χ1) is 9.08. The summed E-state index contributed by atoms with van der Waals surface area (Å²) < 4.78 is 4.67. The number of carbonyl (C=O) groups excluding carboxylic acids is 3. The molecular formula is C12H13NO4S2. The second-order valence-corrected chi connectivity index (χ2v) is 4.22. The van der Waals surface area contributed by atoms with Crippen molar-refractivity contribution >= 4 is 43.1 Å². The van der Waals surface area contributed by atoms with Gasteiger partial charge in [0.1, 0.15) is 6.04 Å². The van der Waals surface area contributed by atoms with Gasteiger partial charge < -0.3 is 10.1 Å². The van der Waals surface area contributed by atoms with Gasteiger partial charge in [-0.15, -0.1) is 0 Å². The third-order valence-corrected chi connectivity index (χ3v) is 2.80. The average Bonchev–Trinajstić information content (AvgIpc) is 2.45. The first-order valence-electron chi connectivity index (χ1n) is 5.40. The summed E-state index contributed by atoms with van der Waals surface area (Å²) in [4.78, 5) is 34.4. The fourth-order valence-corrected chi connectivity index (χ4v) is 1.55. The Labute approximate surface area is 121 Å². The van der Waals surface area contributed by atoms with Crippen molar-refractivity contribution in [3.05, 3.63) is 35.9 Å². The number of benzene rings is 1. The summed E-state index contributed by atoms with van der Waals surface area (Å²) >= 11 is 7.69. The molecule has 1 N–H and O–H groups in total. The van der Waals surface area contributed by atoms with Crippen LogP contribution in [0.1, 0.15) is 10.4 Å². The molecule has 0 radical (unpaired) electrons. The third kappa shape index (κ3) is 4.96. The van der Waals surface area contributed by atoms with E-state index in [-0.39, 0.29) is 17.1 Å². The van der Waals surface area contributed by atoms with Crippen LogP contribution in [-0.2, 0) is 14.3 Å². The normalized spacial score (nSPS) is 11.5. The lowest BCUT2D eigenvalue weighted by Gasteiger charge is -2.13. The highest BCUT2D eigenvalue weighted by molar-refractivity contribution is 7.81. The lowest BCUT2D eigenvalue weighted by molar-refractivity contribution is -0.141. The molecule has 102 valence electrons. The van der Waals surface area contributed by atoms with Crippen LogP contribution in [-0.4, -0.2) is 35.4 Å². The molecule has 1 rings (SSSR count). The minimum Gasteiger partial charge on any atom is -0.388 e. The molecular weight excluding hydrogens is 286 g/mol. The molecule has 1 aromatic carbocycles. The zero-order valence-electron chi connectivity index (χ0n) is 9.91. The zero-order chi connectivity index (χ0) is 14.3. The van der Waals surface area contributed by atoms with E-state index >= 15 is 0 Å². The van der Waals surface area contributed by atoms with Crippen molar-refractivity contribution in [1.29, 1.82) is 0 Å². The number of ether oxygens (including phenoxy) is 1. The lowest BCUT2D eigenvalue weighted by Crippen LogP contribution is -2.44. The van der Waals surface area contributed by atoms with E-state index in [1.807, 2.05) is 0 Å². The maximum absolute atomic E-state index is 11.7. The molecule has 0 aliphatic carbocycles. The van der Waals surface area contributed by atoms with Gasteiger partial charge in [0.2, 0.25) is 5.91 Å². The highest BCUT2D eigenvalue weighted by Crippen LogP contribution is 2.03. The minimum absolute atomic E-state index is 0.0282. The van der Waals surface area contributed by atoms with Crippen LogP contribution >= 0.6 is 25.3 Å². The molecule has 0 spiro atoms. The van der Waals surface area contributed by atoms with E-state index in [2.05, 4.69) is 35.3 Å². The number of thiol groups is 2. The Morgan fingerprint density at radius 2 is 1.79 bits per heavy atom. The van der Waals surface area contributed by atoms with Crippen LogP contribution in [0.4, 0.5) is 0 Å². The lowest BCUT2D eigenvalue weighted by atomic mass is 10.2. The number of nitrogens with one attached hydrogen (secondary N) is 1. The first kappa shape index (κ1) is 15.6. The number of hydrogen-bond donors (Lipinski definition) is 3. The van der Waals surface area contributed by atoms with Gasteiger partial charge in [-0.3, -0.25) is 4.79 Å². The molecule has 1 aromatic rings. The standard InChI is InChI=1S/C12H13NO4S2/c14-10(7-19)13-9(6-18)12(16)17-11(15)8-4-2-1-3-5-8/h1-5,9,18-19H,6-7H2,(H,13,14). The van der Waals surface area contributed by atoms with Gasteiger partial charge in [-0.05, 0) is 12.1 Å². The van der Waals surface area contributed by atoms with Gasteiger partial charge in [0, 0.05) is 5.75 Å².